The number of amides is 1. The van der Waals surface area contributed by atoms with E-state index in [1.54, 1.807) is 7.05 Å². The average Bonchev–Trinajstić information content (AvgIpc) is 2.56. The van der Waals surface area contributed by atoms with Gasteiger partial charge in [0.1, 0.15) is 0 Å². The van der Waals surface area contributed by atoms with Crippen LogP contribution in [-0.2, 0) is 16.6 Å². The maximum Gasteiger partial charge on any atom is 0.251 e. The second-order valence-corrected chi connectivity index (χ2v) is 7.40. The number of nitrogens with zero attached hydrogens (tertiary/aromatic N) is 1. The van der Waals surface area contributed by atoms with Gasteiger partial charge in [-0.15, -0.1) is 0 Å². The molecule has 0 atom stereocenters. The molecule has 2 rings (SSSR count). The molecule has 5 nitrogen and oxygen atoms in total. The van der Waals surface area contributed by atoms with Gasteiger partial charge in [-0.2, -0.15) is 4.31 Å². The quantitative estimate of drug-likeness (QED) is 0.912. The minimum atomic E-state index is -3.59. The first-order valence-electron chi connectivity index (χ1n) is 7.18. The number of sulfonamides is 1. The third-order valence-corrected chi connectivity index (χ3v) is 5.40. The lowest BCUT2D eigenvalue weighted by Crippen LogP contribution is -2.26. The molecule has 122 valence electrons. The molecule has 0 heterocycles. The highest BCUT2D eigenvalue weighted by molar-refractivity contribution is 7.89. The molecular formula is C17H20N2O3S. The highest BCUT2D eigenvalue weighted by Gasteiger charge is 2.21. The van der Waals surface area contributed by atoms with Gasteiger partial charge in [0.05, 0.1) is 4.90 Å². The van der Waals surface area contributed by atoms with Crippen molar-refractivity contribution in [3.8, 4) is 0 Å². The van der Waals surface area contributed by atoms with Crippen LogP contribution < -0.4 is 5.32 Å². The van der Waals surface area contributed by atoms with E-state index in [1.165, 1.54) is 35.6 Å². The molecule has 2 aromatic carbocycles. The van der Waals surface area contributed by atoms with Crippen LogP contribution in [0.4, 0.5) is 0 Å². The fraction of sp³-hybridized carbons (Fsp3) is 0.235. The van der Waals surface area contributed by atoms with Crippen LogP contribution in [0.15, 0.2) is 53.4 Å². The second-order valence-electron chi connectivity index (χ2n) is 5.35. The molecule has 0 bridgehead atoms. The highest BCUT2D eigenvalue weighted by Crippen LogP contribution is 2.17. The Morgan fingerprint density at radius 3 is 2.13 bits per heavy atom. The van der Waals surface area contributed by atoms with Crippen LogP contribution in [0, 0.1) is 6.92 Å². The van der Waals surface area contributed by atoms with Gasteiger partial charge in [0, 0.05) is 26.2 Å². The van der Waals surface area contributed by atoms with Crippen LogP contribution in [0.1, 0.15) is 21.5 Å². The van der Waals surface area contributed by atoms with Crippen molar-refractivity contribution in [1.82, 2.24) is 9.62 Å². The number of carbonyl (C=O) groups excluding carboxylic acids is 1. The molecule has 1 amide bonds. The standard InChI is InChI=1S/C17H20N2O3S/c1-13-4-6-14(7-5-13)12-19(3)23(21,22)16-10-8-15(9-11-16)17(20)18-2/h4-11H,12H2,1-3H3,(H,18,20). The van der Waals surface area contributed by atoms with Crippen molar-refractivity contribution in [1.29, 1.82) is 0 Å². The molecule has 0 aromatic heterocycles. The minimum Gasteiger partial charge on any atom is -0.355 e. The zero-order valence-corrected chi connectivity index (χ0v) is 14.2. The summed E-state index contributed by atoms with van der Waals surface area (Å²) < 4.78 is 26.5. The lowest BCUT2D eigenvalue weighted by molar-refractivity contribution is 0.0963. The van der Waals surface area contributed by atoms with Crippen LogP contribution >= 0.6 is 0 Å². The van der Waals surface area contributed by atoms with Crippen LogP contribution in [0.5, 0.6) is 0 Å². The minimum absolute atomic E-state index is 0.166. The summed E-state index contributed by atoms with van der Waals surface area (Å²) in [5.41, 5.74) is 2.47. The molecule has 0 aliphatic rings. The Morgan fingerprint density at radius 2 is 1.61 bits per heavy atom. The molecule has 0 fully saturated rings. The summed E-state index contributed by atoms with van der Waals surface area (Å²) in [6, 6.07) is 13.6. The molecule has 0 aliphatic carbocycles. The van der Waals surface area contributed by atoms with Crippen molar-refractivity contribution < 1.29 is 13.2 Å². The maximum absolute atomic E-state index is 12.6. The van der Waals surface area contributed by atoms with Gasteiger partial charge in [0.15, 0.2) is 0 Å². The Bertz CT molecular complexity index is 782. The summed E-state index contributed by atoms with van der Waals surface area (Å²) in [4.78, 5) is 11.7. The molecule has 1 N–H and O–H groups in total. The van der Waals surface area contributed by atoms with Crippen LogP contribution in [0.3, 0.4) is 0 Å². The number of carbonyl (C=O) groups is 1. The Kier molecular flexibility index (Phi) is 5.18. The van der Waals surface area contributed by atoms with Gasteiger partial charge in [-0.05, 0) is 36.8 Å². The van der Waals surface area contributed by atoms with Gasteiger partial charge in [-0.25, -0.2) is 8.42 Å². The Balaban J connectivity index is 2.19. The second kappa shape index (κ2) is 6.93. The molecule has 23 heavy (non-hydrogen) atoms. The SMILES string of the molecule is CNC(=O)c1ccc(S(=O)(=O)N(C)Cc2ccc(C)cc2)cc1. The first-order valence-corrected chi connectivity index (χ1v) is 8.62. The summed E-state index contributed by atoms with van der Waals surface area (Å²) in [5, 5.41) is 2.50. The fourth-order valence-corrected chi connectivity index (χ4v) is 3.30. The van der Waals surface area contributed by atoms with E-state index in [-0.39, 0.29) is 10.8 Å². The van der Waals surface area contributed by atoms with Crippen LogP contribution in [0.25, 0.3) is 0 Å². The van der Waals surface area contributed by atoms with E-state index >= 15 is 0 Å². The van der Waals surface area contributed by atoms with Gasteiger partial charge >= 0.3 is 0 Å². The summed E-state index contributed by atoms with van der Waals surface area (Å²) in [6.45, 7) is 2.28. The maximum atomic E-state index is 12.6. The number of hydrogen-bond acceptors (Lipinski definition) is 3. The number of aryl methyl sites for hydroxylation is 1. The third kappa shape index (κ3) is 3.97. The van der Waals surface area contributed by atoms with Gasteiger partial charge < -0.3 is 5.32 Å². The van der Waals surface area contributed by atoms with E-state index in [4.69, 9.17) is 0 Å². The van der Waals surface area contributed by atoms with Crippen molar-refractivity contribution >= 4 is 15.9 Å². The van der Waals surface area contributed by atoms with E-state index < -0.39 is 10.0 Å². The predicted octanol–water partition coefficient (Wildman–Crippen LogP) is 2.18. The predicted molar refractivity (Wildman–Crippen MR) is 89.7 cm³/mol. The average molecular weight is 332 g/mol. The summed E-state index contributed by atoms with van der Waals surface area (Å²) in [7, 11) is -0.521. The molecule has 0 saturated carbocycles. The van der Waals surface area contributed by atoms with Gasteiger partial charge in [0.25, 0.3) is 5.91 Å². The van der Waals surface area contributed by atoms with Gasteiger partial charge in [-0.3, -0.25) is 4.79 Å². The molecule has 6 heteroatoms. The third-order valence-electron chi connectivity index (χ3n) is 3.58. The smallest absolute Gasteiger partial charge is 0.251 e. The van der Waals surface area contributed by atoms with E-state index in [9.17, 15) is 13.2 Å². The molecule has 2 aromatic rings. The summed E-state index contributed by atoms with van der Waals surface area (Å²) >= 11 is 0. The van der Waals surface area contributed by atoms with Gasteiger partial charge in [0.2, 0.25) is 10.0 Å². The number of hydrogen-bond donors (Lipinski definition) is 1. The van der Waals surface area contributed by atoms with Crippen molar-refractivity contribution in [2.75, 3.05) is 14.1 Å². The van der Waals surface area contributed by atoms with E-state index in [1.807, 2.05) is 31.2 Å². The molecular weight excluding hydrogens is 312 g/mol. The van der Waals surface area contributed by atoms with Gasteiger partial charge in [-0.1, -0.05) is 29.8 Å². The van der Waals surface area contributed by atoms with Crippen molar-refractivity contribution in [2.24, 2.45) is 0 Å². The van der Waals surface area contributed by atoms with E-state index in [2.05, 4.69) is 5.32 Å². The molecule has 0 radical (unpaired) electrons. The monoisotopic (exact) mass is 332 g/mol. The topological polar surface area (TPSA) is 66.5 Å². The number of rotatable bonds is 5. The first-order chi connectivity index (χ1) is 10.8. The van der Waals surface area contributed by atoms with Crippen molar-refractivity contribution in [3.63, 3.8) is 0 Å². The fourth-order valence-electron chi connectivity index (χ4n) is 2.14. The largest absolute Gasteiger partial charge is 0.355 e. The zero-order valence-electron chi connectivity index (χ0n) is 13.4. The molecule has 0 saturated heterocycles. The molecule has 0 aliphatic heterocycles. The Morgan fingerprint density at radius 1 is 1.04 bits per heavy atom. The molecule has 0 spiro atoms. The van der Waals surface area contributed by atoms with E-state index in [0.29, 0.717) is 12.1 Å². The van der Waals surface area contributed by atoms with Crippen molar-refractivity contribution in [3.05, 3.63) is 65.2 Å². The van der Waals surface area contributed by atoms with Crippen molar-refractivity contribution in [2.45, 2.75) is 18.4 Å². The van der Waals surface area contributed by atoms with Crippen LogP contribution in [0.2, 0.25) is 0 Å². The Labute approximate surface area is 137 Å². The first kappa shape index (κ1) is 17.2. The normalized spacial score (nSPS) is 11.5. The Hall–Kier alpha value is -2.18. The zero-order chi connectivity index (χ0) is 17.0. The lowest BCUT2D eigenvalue weighted by Gasteiger charge is -2.17. The summed E-state index contributed by atoms with van der Waals surface area (Å²) in [6.07, 6.45) is 0. The number of nitrogens with one attached hydrogen (secondary N) is 1. The highest BCUT2D eigenvalue weighted by atomic mass is 32.2. The number of benzene rings is 2. The lowest BCUT2D eigenvalue weighted by atomic mass is 10.1. The molecule has 0 unspecified atom stereocenters. The summed E-state index contributed by atoms with van der Waals surface area (Å²) in [5.74, 6) is -0.248. The van der Waals surface area contributed by atoms with E-state index in [0.717, 1.165) is 11.1 Å². The van der Waals surface area contributed by atoms with Crippen LogP contribution in [-0.4, -0.2) is 32.7 Å².